The van der Waals surface area contributed by atoms with Crippen molar-refractivity contribution in [2.75, 3.05) is 5.32 Å². The smallest absolute Gasteiger partial charge is 0.171 e. The summed E-state index contributed by atoms with van der Waals surface area (Å²) < 4.78 is 0. The lowest BCUT2D eigenvalue weighted by atomic mass is 10.0. The van der Waals surface area contributed by atoms with Crippen molar-refractivity contribution in [2.45, 2.75) is 40.0 Å². The zero-order valence-electron chi connectivity index (χ0n) is 12.8. The van der Waals surface area contributed by atoms with Gasteiger partial charge in [0, 0.05) is 5.69 Å². The van der Waals surface area contributed by atoms with E-state index < -0.39 is 0 Å². The van der Waals surface area contributed by atoms with E-state index in [0.29, 0.717) is 11.4 Å². The highest BCUT2D eigenvalue weighted by Crippen LogP contribution is 2.23. The van der Waals surface area contributed by atoms with Crippen LogP contribution in [0, 0.1) is 11.3 Å². The topological polar surface area (TPSA) is 61.6 Å². The van der Waals surface area contributed by atoms with Gasteiger partial charge >= 0.3 is 0 Å². The van der Waals surface area contributed by atoms with Gasteiger partial charge in [0.15, 0.2) is 5.82 Å². The number of benzene rings is 1. The predicted octanol–water partition coefficient (Wildman–Crippen LogP) is 3.78. The number of nitrogens with zero attached hydrogens (tertiary/aromatic N) is 3. The van der Waals surface area contributed by atoms with Crippen LogP contribution in [0.15, 0.2) is 24.3 Å². The van der Waals surface area contributed by atoms with Crippen LogP contribution in [-0.2, 0) is 19.3 Å². The Morgan fingerprint density at radius 2 is 1.71 bits per heavy atom. The molecular formula is C17H20N4. The minimum atomic E-state index is 0.538. The Balaban J connectivity index is 2.37. The minimum absolute atomic E-state index is 0.538. The third-order valence-electron chi connectivity index (χ3n) is 3.58. The van der Waals surface area contributed by atoms with E-state index in [4.69, 9.17) is 0 Å². The molecule has 0 bridgehead atoms. The van der Waals surface area contributed by atoms with E-state index in [1.165, 1.54) is 5.56 Å². The SMILES string of the molecule is CCc1ccc(Nc2nnc(CC)c(CC)c2C#N)cc1. The van der Waals surface area contributed by atoms with Crippen LogP contribution < -0.4 is 5.32 Å². The summed E-state index contributed by atoms with van der Waals surface area (Å²) in [6.07, 6.45) is 2.58. The Morgan fingerprint density at radius 3 is 2.24 bits per heavy atom. The molecule has 0 spiro atoms. The van der Waals surface area contributed by atoms with Gasteiger partial charge < -0.3 is 5.32 Å². The molecule has 108 valence electrons. The van der Waals surface area contributed by atoms with Crippen LogP contribution in [0.4, 0.5) is 11.5 Å². The summed E-state index contributed by atoms with van der Waals surface area (Å²) in [5.41, 5.74) is 4.69. The lowest BCUT2D eigenvalue weighted by Gasteiger charge is -2.12. The lowest BCUT2D eigenvalue weighted by molar-refractivity contribution is 0.877. The van der Waals surface area contributed by atoms with Crippen molar-refractivity contribution < 1.29 is 0 Å². The van der Waals surface area contributed by atoms with Crippen LogP contribution in [0.25, 0.3) is 0 Å². The summed E-state index contributed by atoms with van der Waals surface area (Å²) in [7, 11) is 0. The number of hydrogen-bond donors (Lipinski definition) is 1. The van der Waals surface area contributed by atoms with Crippen LogP contribution in [-0.4, -0.2) is 10.2 Å². The second-order valence-corrected chi connectivity index (χ2v) is 4.84. The van der Waals surface area contributed by atoms with Gasteiger partial charge in [-0.3, -0.25) is 0 Å². The molecule has 0 fully saturated rings. The summed E-state index contributed by atoms with van der Waals surface area (Å²) >= 11 is 0. The first-order chi connectivity index (χ1) is 10.2. The Bertz CT molecular complexity index is 654. The van der Waals surface area contributed by atoms with Crippen LogP contribution in [0.1, 0.15) is 43.2 Å². The van der Waals surface area contributed by atoms with Crippen molar-refractivity contribution in [2.24, 2.45) is 0 Å². The molecule has 0 amide bonds. The fourth-order valence-corrected chi connectivity index (χ4v) is 2.34. The van der Waals surface area contributed by atoms with E-state index in [2.05, 4.69) is 40.6 Å². The van der Waals surface area contributed by atoms with E-state index in [1.54, 1.807) is 0 Å². The number of anilines is 2. The normalized spacial score (nSPS) is 10.2. The van der Waals surface area contributed by atoms with Gasteiger partial charge in [-0.15, -0.1) is 5.10 Å². The highest BCUT2D eigenvalue weighted by Gasteiger charge is 2.14. The maximum Gasteiger partial charge on any atom is 0.171 e. The largest absolute Gasteiger partial charge is 0.338 e. The first-order valence-electron chi connectivity index (χ1n) is 7.37. The van der Waals surface area contributed by atoms with Gasteiger partial charge in [0.05, 0.1) is 5.69 Å². The summed E-state index contributed by atoms with van der Waals surface area (Å²) in [6.45, 7) is 6.19. The second kappa shape index (κ2) is 6.85. The Hall–Kier alpha value is -2.41. The van der Waals surface area contributed by atoms with Gasteiger partial charge in [0.25, 0.3) is 0 Å². The molecular weight excluding hydrogens is 260 g/mol. The molecule has 0 atom stereocenters. The quantitative estimate of drug-likeness (QED) is 0.905. The van der Waals surface area contributed by atoms with Crippen LogP contribution in [0.5, 0.6) is 0 Å². The molecule has 2 rings (SSSR count). The molecule has 1 aromatic carbocycles. The molecule has 21 heavy (non-hydrogen) atoms. The highest BCUT2D eigenvalue weighted by atomic mass is 15.2. The van der Waals surface area contributed by atoms with E-state index in [-0.39, 0.29) is 0 Å². The molecule has 0 aliphatic rings. The number of rotatable bonds is 5. The standard InChI is InChI=1S/C17H20N4/c1-4-12-7-9-13(10-8-12)19-17-15(11-18)14(5-2)16(6-3)20-21-17/h7-10H,4-6H2,1-3H3,(H,19,21). The molecule has 4 heteroatoms. The van der Waals surface area contributed by atoms with Gasteiger partial charge in [0.1, 0.15) is 11.6 Å². The van der Waals surface area contributed by atoms with Crippen LogP contribution in [0.2, 0.25) is 0 Å². The molecule has 0 aliphatic carbocycles. The maximum atomic E-state index is 9.45. The maximum absolute atomic E-state index is 9.45. The average Bonchev–Trinajstić information content (AvgIpc) is 2.54. The summed E-state index contributed by atoms with van der Waals surface area (Å²) in [5.74, 6) is 0.538. The first kappa shape index (κ1) is 15.0. The number of nitriles is 1. The summed E-state index contributed by atoms with van der Waals surface area (Å²) in [5, 5.41) is 21.1. The fraction of sp³-hybridized carbons (Fsp3) is 0.353. The Morgan fingerprint density at radius 1 is 1.00 bits per heavy atom. The zero-order valence-corrected chi connectivity index (χ0v) is 12.8. The molecule has 1 aromatic heterocycles. The van der Waals surface area contributed by atoms with Crippen LogP contribution in [0.3, 0.4) is 0 Å². The third-order valence-corrected chi connectivity index (χ3v) is 3.58. The summed E-state index contributed by atoms with van der Waals surface area (Å²) in [4.78, 5) is 0. The Kier molecular flexibility index (Phi) is 4.89. The highest BCUT2D eigenvalue weighted by molar-refractivity contribution is 5.64. The van der Waals surface area contributed by atoms with Gasteiger partial charge in [0.2, 0.25) is 0 Å². The monoisotopic (exact) mass is 280 g/mol. The van der Waals surface area contributed by atoms with Crippen molar-refractivity contribution in [1.29, 1.82) is 5.26 Å². The van der Waals surface area contributed by atoms with Crippen molar-refractivity contribution >= 4 is 11.5 Å². The molecule has 0 saturated carbocycles. The van der Waals surface area contributed by atoms with E-state index >= 15 is 0 Å². The van der Waals surface area contributed by atoms with Gasteiger partial charge in [-0.05, 0) is 42.5 Å². The minimum Gasteiger partial charge on any atom is -0.338 e. The number of aryl methyl sites for hydroxylation is 2. The fourth-order valence-electron chi connectivity index (χ4n) is 2.34. The van der Waals surface area contributed by atoms with Crippen molar-refractivity contribution in [3.05, 3.63) is 46.6 Å². The molecule has 2 aromatic rings. The van der Waals surface area contributed by atoms with Gasteiger partial charge in [-0.25, -0.2) is 0 Å². The first-order valence-corrected chi connectivity index (χ1v) is 7.37. The molecule has 4 nitrogen and oxygen atoms in total. The number of aromatic nitrogens is 2. The predicted molar refractivity (Wildman–Crippen MR) is 84.6 cm³/mol. The van der Waals surface area contributed by atoms with E-state index in [9.17, 15) is 5.26 Å². The third kappa shape index (κ3) is 3.19. The molecule has 0 radical (unpaired) electrons. The molecule has 1 heterocycles. The van der Waals surface area contributed by atoms with Gasteiger partial charge in [-0.2, -0.15) is 10.4 Å². The van der Waals surface area contributed by atoms with Crippen molar-refractivity contribution in [3.63, 3.8) is 0 Å². The number of nitrogens with one attached hydrogen (secondary N) is 1. The van der Waals surface area contributed by atoms with Crippen molar-refractivity contribution in [3.8, 4) is 6.07 Å². The molecule has 0 unspecified atom stereocenters. The second-order valence-electron chi connectivity index (χ2n) is 4.84. The zero-order chi connectivity index (χ0) is 15.2. The molecule has 0 saturated heterocycles. The molecule has 1 N–H and O–H groups in total. The molecule has 0 aliphatic heterocycles. The number of hydrogen-bond acceptors (Lipinski definition) is 4. The summed E-state index contributed by atoms with van der Waals surface area (Å²) in [6, 6.07) is 10.4. The Labute approximate surface area is 125 Å². The lowest BCUT2D eigenvalue weighted by Crippen LogP contribution is -2.07. The van der Waals surface area contributed by atoms with Crippen molar-refractivity contribution in [1.82, 2.24) is 10.2 Å². The van der Waals surface area contributed by atoms with Gasteiger partial charge in [-0.1, -0.05) is 32.9 Å². The average molecular weight is 280 g/mol. The van der Waals surface area contributed by atoms with Crippen LogP contribution >= 0.6 is 0 Å². The van der Waals surface area contributed by atoms with E-state index in [1.807, 2.05) is 26.0 Å². The van der Waals surface area contributed by atoms with E-state index in [0.717, 1.165) is 36.2 Å².